The van der Waals surface area contributed by atoms with Crippen molar-refractivity contribution < 1.29 is 4.79 Å². The van der Waals surface area contributed by atoms with Crippen LogP contribution in [0.2, 0.25) is 0 Å². The van der Waals surface area contributed by atoms with E-state index < -0.39 is 0 Å². The first-order chi connectivity index (χ1) is 8.99. The van der Waals surface area contributed by atoms with Gasteiger partial charge in [0, 0.05) is 17.8 Å². The molecule has 2 amide bonds. The van der Waals surface area contributed by atoms with E-state index >= 15 is 0 Å². The van der Waals surface area contributed by atoms with Gasteiger partial charge in [-0.05, 0) is 42.9 Å². The van der Waals surface area contributed by atoms with Gasteiger partial charge in [-0.1, -0.05) is 26.0 Å². The number of hydrogen-bond acceptors (Lipinski definition) is 2. The van der Waals surface area contributed by atoms with Crippen molar-refractivity contribution in [2.75, 3.05) is 5.32 Å². The zero-order valence-electron chi connectivity index (χ0n) is 11.9. The zero-order valence-corrected chi connectivity index (χ0v) is 11.9. The molecular weight excluding hydrogens is 238 g/mol. The van der Waals surface area contributed by atoms with Gasteiger partial charge in [0.05, 0.1) is 0 Å². The summed E-state index contributed by atoms with van der Waals surface area (Å²) in [4.78, 5) is 12.0. The SMILES string of the molecule is CC(C)C(C)NC(=O)Nc1cccc2c1CCC2N. The lowest BCUT2D eigenvalue weighted by Crippen LogP contribution is -2.39. The summed E-state index contributed by atoms with van der Waals surface area (Å²) >= 11 is 0. The molecule has 1 aliphatic carbocycles. The number of carbonyl (C=O) groups is 1. The third kappa shape index (κ3) is 3.07. The van der Waals surface area contributed by atoms with Gasteiger partial charge in [-0.15, -0.1) is 0 Å². The van der Waals surface area contributed by atoms with Crippen LogP contribution >= 0.6 is 0 Å². The molecule has 0 spiro atoms. The van der Waals surface area contributed by atoms with E-state index in [0.29, 0.717) is 5.92 Å². The van der Waals surface area contributed by atoms with Gasteiger partial charge >= 0.3 is 6.03 Å². The Balaban J connectivity index is 2.06. The van der Waals surface area contributed by atoms with Gasteiger partial charge in [-0.3, -0.25) is 0 Å². The van der Waals surface area contributed by atoms with E-state index in [2.05, 4.69) is 24.5 Å². The van der Waals surface area contributed by atoms with Crippen molar-refractivity contribution in [3.8, 4) is 0 Å². The van der Waals surface area contributed by atoms with Gasteiger partial charge in [0.1, 0.15) is 0 Å². The molecule has 104 valence electrons. The molecule has 19 heavy (non-hydrogen) atoms. The fourth-order valence-corrected chi connectivity index (χ4v) is 2.34. The van der Waals surface area contributed by atoms with Crippen LogP contribution in [0.1, 0.15) is 44.4 Å². The van der Waals surface area contributed by atoms with Gasteiger partial charge in [-0.25, -0.2) is 4.79 Å². The molecule has 0 aromatic heterocycles. The number of nitrogens with two attached hydrogens (primary N) is 1. The second kappa shape index (κ2) is 5.61. The lowest BCUT2D eigenvalue weighted by Gasteiger charge is -2.18. The highest BCUT2D eigenvalue weighted by atomic mass is 16.2. The monoisotopic (exact) mass is 261 g/mol. The minimum Gasteiger partial charge on any atom is -0.335 e. The first-order valence-corrected chi connectivity index (χ1v) is 6.94. The normalized spacial score (nSPS) is 19.1. The molecule has 2 rings (SSSR count). The van der Waals surface area contributed by atoms with E-state index in [0.717, 1.165) is 24.1 Å². The molecule has 0 aliphatic heterocycles. The lowest BCUT2D eigenvalue weighted by atomic mass is 10.1. The molecular formula is C15H23N3O. The summed E-state index contributed by atoms with van der Waals surface area (Å²) < 4.78 is 0. The molecule has 2 atom stereocenters. The number of benzene rings is 1. The first-order valence-electron chi connectivity index (χ1n) is 6.94. The Kier molecular flexibility index (Phi) is 4.10. The molecule has 0 saturated heterocycles. The Morgan fingerprint density at radius 1 is 1.37 bits per heavy atom. The lowest BCUT2D eigenvalue weighted by molar-refractivity contribution is 0.246. The van der Waals surface area contributed by atoms with Crippen molar-refractivity contribution in [3.05, 3.63) is 29.3 Å². The molecule has 1 aliphatic rings. The molecule has 0 bridgehead atoms. The van der Waals surface area contributed by atoms with Crippen LogP contribution in [0.5, 0.6) is 0 Å². The van der Waals surface area contributed by atoms with Gasteiger partial charge in [0.15, 0.2) is 0 Å². The average Bonchev–Trinajstić information content (AvgIpc) is 2.72. The Morgan fingerprint density at radius 2 is 2.11 bits per heavy atom. The minimum absolute atomic E-state index is 0.106. The highest BCUT2D eigenvalue weighted by Gasteiger charge is 2.22. The first kappa shape index (κ1) is 13.9. The fraction of sp³-hybridized carbons (Fsp3) is 0.533. The predicted octanol–water partition coefficient (Wildman–Crippen LogP) is 2.80. The molecule has 4 nitrogen and oxygen atoms in total. The number of carbonyl (C=O) groups excluding carboxylic acids is 1. The topological polar surface area (TPSA) is 67.2 Å². The third-order valence-corrected chi connectivity index (χ3v) is 3.92. The zero-order chi connectivity index (χ0) is 14.0. The van der Waals surface area contributed by atoms with Crippen molar-refractivity contribution >= 4 is 11.7 Å². The molecule has 4 heteroatoms. The largest absolute Gasteiger partial charge is 0.335 e. The van der Waals surface area contributed by atoms with E-state index in [1.807, 2.05) is 25.1 Å². The smallest absolute Gasteiger partial charge is 0.319 e. The van der Waals surface area contributed by atoms with Crippen LogP contribution in [0, 0.1) is 5.92 Å². The number of fused-ring (bicyclic) bond motifs is 1. The molecule has 0 heterocycles. The Morgan fingerprint density at radius 3 is 2.79 bits per heavy atom. The Labute approximate surface area is 114 Å². The minimum atomic E-state index is -0.143. The van der Waals surface area contributed by atoms with Crippen molar-refractivity contribution in [1.29, 1.82) is 0 Å². The Hall–Kier alpha value is -1.55. The maximum Gasteiger partial charge on any atom is 0.319 e. The van der Waals surface area contributed by atoms with Gasteiger partial charge < -0.3 is 16.4 Å². The van der Waals surface area contributed by atoms with E-state index in [1.165, 1.54) is 5.56 Å². The van der Waals surface area contributed by atoms with Crippen LogP contribution in [-0.2, 0) is 6.42 Å². The maximum absolute atomic E-state index is 12.0. The number of rotatable bonds is 3. The molecule has 1 aromatic carbocycles. The van der Waals surface area contributed by atoms with Crippen LogP contribution in [-0.4, -0.2) is 12.1 Å². The van der Waals surface area contributed by atoms with Gasteiger partial charge in [-0.2, -0.15) is 0 Å². The fourth-order valence-electron chi connectivity index (χ4n) is 2.34. The maximum atomic E-state index is 12.0. The van der Waals surface area contributed by atoms with E-state index in [1.54, 1.807) is 0 Å². The van der Waals surface area contributed by atoms with Crippen LogP contribution in [0.4, 0.5) is 10.5 Å². The van der Waals surface area contributed by atoms with Crippen LogP contribution in [0.15, 0.2) is 18.2 Å². The second-order valence-corrected chi connectivity index (χ2v) is 5.65. The summed E-state index contributed by atoms with van der Waals surface area (Å²) in [5, 5.41) is 5.89. The molecule has 0 saturated carbocycles. The predicted molar refractivity (Wildman–Crippen MR) is 78.1 cm³/mol. The second-order valence-electron chi connectivity index (χ2n) is 5.65. The third-order valence-electron chi connectivity index (χ3n) is 3.92. The van der Waals surface area contributed by atoms with Crippen molar-refractivity contribution in [1.82, 2.24) is 5.32 Å². The standard InChI is InChI=1S/C15H23N3O/c1-9(2)10(3)17-15(19)18-14-6-4-5-11-12(14)7-8-13(11)16/h4-6,9-10,13H,7-8,16H2,1-3H3,(H2,17,18,19). The summed E-state index contributed by atoms with van der Waals surface area (Å²) in [6, 6.07) is 6.05. The number of urea groups is 1. The van der Waals surface area contributed by atoms with Crippen LogP contribution < -0.4 is 16.4 Å². The summed E-state index contributed by atoms with van der Waals surface area (Å²) in [5.41, 5.74) is 9.27. The molecule has 0 fully saturated rings. The van der Waals surface area contributed by atoms with E-state index in [9.17, 15) is 4.79 Å². The summed E-state index contributed by atoms with van der Waals surface area (Å²) in [6.07, 6.45) is 1.89. The van der Waals surface area contributed by atoms with Gasteiger partial charge in [0.2, 0.25) is 0 Å². The number of anilines is 1. The molecule has 4 N–H and O–H groups in total. The van der Waals surface area contributed by atoms with E-state index in [4.69, 9.17) is 5.73 Å². The molecule has 0 radical (unpaired) electrons. The number of hydrogen-bond donors (Lipinski definition) is 3. The van der Waals surface area contributed by atoms with Crippen molar-refractivity contribution in [2.45, 2.75) is 45.7 Å². The van der Waals surface area contributed by atoms with Crippen LogP contribution in [0.25, 0.3) is 0 Å². The summed E-state index contributed by atoms with van der Waals surface area (Å²) in [5.74, 6) is 0.417. The van der Waals surface area contributed by atoms with E-state index in [-0.39, 0.29) is 18.1 Å². The Bertz CT molecular complexity index is 470. The van der Waals surface area contributed by atoms with Crippen molar-refractivity contribution in [3.63, 3.8) is 0 Å². The summed E-state index contributed by atoms with van der Waals surface area (Å²) in [7, 11) is 0. The summed E-state index contributed by atoms with van der Waals surface area (Å²) in [6.45, 7) is 6.18. The average molecular weight is 261 g/mol. The molecule has 1 aromatic rings. The quantitative estimate of drug-likeness (QED) is 0.783. The highest BCUT2D eigenvalue weighted by Crippen LogP contribution is 2.34. The highest BCUT2D eigenvalue weighted by molar-refractivity contribution is 5.90. The van der Waals surface area contributed by atoms with Crippen molar-refractivity contribution in [2.24, 2.45) is 11.7 Å². The van der Waals surface area contributed by atoms with Crippen LogP contribution in [0.3, 0.4) is 0 Å². The number of amides is 2. The molecule has 2 unspecified atom stereocenters. The number of nitrogens with one attached hydrogen (secondary N) is 2. The van der Waals surface area contributed by atoms with Gasteiger partial charge in [0.25, 0.3) is 0 Å².